The first-order valence-corrected chi connectivity index (χ1v) is 6.51. The lowest BCUT2D eigenvalue weighted by Crippen LogP contribution is -2.37. The van der Waals surface area contributed by atoms with Gasteiger partial charge in [0.05, 0.1) is 5.41 Å². The molecule has 0 spiro atoms. The zero-order valence-corrected chi connectivity index (χ0v) is 10.4. The maximum atomic E-state index is 12.0. The molecule has 2 rings (SSSR count). The zero-order chi connectivity index (χ0) is 12.5. The molecule has 0 aromatic rings. The molecule has 0 saturated heterocycles. The number of carboxylic acid groups (broad SMARTS) is 1. The Balaban J connectivity index is 1.92. The van der Waals surface area contributed by atoms with Crippen LogP contribution in [0.3, 0.4) is 0 Å². The number of aliphatic carboxylic acids is 1. The third kappa shape index (κ3) is 2.79. The first-order valence-electron chi connectivity index (χ1n) is 6.51. The number of nitrogens with zero attached hydrogens (tertiary/aromatic N) is 1. The number of hydrogen-bond donors (Lipinski definition) is 1. The van der Waals surface area contributed by atoms with E-state index in [1.165, 1.54) is 12.8 Å². The quantitative estimate of drug-likeness (QED) is 0.797. The minimum atomic E-state index is -0.789. The van der Waals surface area contributed by atoms with E-state index in [-0.39, 0.29) is 12.3 Å². The van der Waals surface area contributed by atoms with Crippen LogP contribution in [0.25, 0.3) is 0 Å². The summed E-state index contributed by atoms with van der Waals surface area (Å²) in [5.74, 6) is -0.127. The van der Waals surface area contributed by atoms with Crippen LogP contribution in [0.1, 0.15) is 44.9 Å². The number of carbonyl (C=O) groups excluding carboxylic acids is 1. The molecular formula is C13H21NO3. The van der Waals surface area contributed by atoms with Crippen molar-refractivity contribution in [1.29, 1.82) is 0 Å². The third-order valence-electron chi connectivity index (χ3n) is 4.16. The summed E-state index contributed by atoms with van der Waals surface area (Å²) in [5.41, 5.74) is -0.769. The molecule has 4 nitrogen and oxygen atoms in total. The molecule has 2 aliphatic carbocycles. The van der Waals surface area contributed by atoms with Gasteiger partial charge >= 0.3 is 5.97 Å². The van der Waals surface area contributed by atoms with Crippen molar-refractivity contribution in [3.05, 3.63) is 0 Å². The van der Waals surface area contributed by atoms with Crippen molar-refractivity contribution in [3.63, 3.8) is 0 Å². The largest absolute Gasteiger partial charge is 0.481 e. The molecule has 96 valence electrons. The molecule has 0 atom stereocenters. The van der Waals surface area contributed by atoms with Crippen LogP contribution in [-0.2, 0) is 9.59 Å². The van der Waals surface area contributed by atoms with Gasteiger partial charge in [0.15, 0.2) is 0 Å². The normalized spacial score (nSPS) is 22.4. The van der Waals surface area contributed by atoms with Crippen molar-refractivity contribution >= 4 is 11.9 Å². The molecular weight excluding hydrogens is 218 g/mol. The Bertz CT molecular complexity index is 317. The average Bonchev–Trinajstić information content (AvgIpc) is 2.94. The molecule has 4 heteroatoms. The summed E-state index contributed by atoms with van der Waals surface area (Å²) >= 11 is 0. The van der Waals surface area contributed by atoms with Gasteiger partial charge in [-0.25, -0.2) is 0 Å². The molecule has 2 saturated carbocycles. The predicted molar refractivity (Wildman–Crippen MR) is 63.5 cm³/mol. The fourth-order valence-electron chi connectivity index (χ4n) is 2.73. The van der Waals surface area contributed by atoms with E-state index in [0.29, 0.717) is 18.8 Å². The van der Waals surface area contributed by atoms with E-state index in [1.54, 1.807) is 11.9 Å². The number of carboxylic acids is 1. The van der Waals surface area contributed by atoms with Crippen LogP contribution in [0.4, 0.5) is 0 Å². The summed E-state index contributed by atoms with van der Waals surface area (Å²) in [4.78, 5) is 25.1. The fraction of sp³-hybridized carbons (Fsp3) is 0.846. The van der Waals surface area contributed by atoms with Crippen LogP contribution >= 0.6 is 0 Å². The second-order valence-electron chi connectivity index (χ2n) is 5.69. The lowest BCUT2D eigenvalue weighted by atomic mass is 9.82. The monoisotopic (exact) mass is 239 g/mol. The highest BCUT2D eigenvalue weighted by Gasteiger charge is 2.43. The molecule has 0 bridgehead atoms. The second-order valence-corrected chi connectivity index (χ2v) is 5.69. The summed E-state index contributed by atoms with van der Waals surface area (Å²) in [6.45, 7) is 0.800. The van der Waals surface area contributed by atoms with Gasteiger partial charge in [-0.15, -0.1) is 0 Å². The first kappa shape index (κ1) is 12.4. The standard InChI is InChI=1S/C13H21NO3/c1-14(9-10-4-5-10)11(15)8-13(12(16)17)6-2-3-7-13/h10H,2-9H2,1H3,(H,16,17). The molecule has 0 aromatic carbocycles. The summed E-state index contributed by atoms with van der Waals surface area (Å²) < 4.78 is 0. The summed E-state index contributed by atoms with van der Waals surface area (Å²) in [6, 6.07) is 0. The summed E-state index contributed by atoms with van der Waals surface area (Å²) in [6.07, 6.45) is 5.80. The summed E-state index contributed by atoms with van der Waals surface area (Å²) in [7, 11) is 1.80. The van der Waals surface area contributed by atoms with Gasteiger partial charge in [-0.3, -0.25) is 9.59 Å². The molecule has 0 aliphatic heterocycles. The van der Waals surface area contributed by atoms with E-state index in [0.717, 1.165) is 19.4 Å². The Kier molecular flexibility index (Phi) is 3.40. The van der Waals surface area contributed by atoms with Crippen molar-refractivity contribution in [3.8, 4) is 0 Å². The molecule has 17 heavy (non-hydrogen) atoms. The predicted octanol–water partition coefficient (Wildman–Crippen LogP) is 1.89. The Morgan fingerprint density at radius 3 is 2.35 bits per heavy atom. The second kappa shape index (κ2) is 4.67. The molecule has 0 aromatic heterocycles. The van der Waals surface area contributed by atoms with E-state index in [4.69, 9.17) is 0 Å². The highest BCUT2D eigenvalue weighted by molar-refractivity contribution is 5.85. The van der Waals surface area contributed by atoms with Gasteiger partial charge in [0, 0.05) is 20.0 Å². The highest BCUT2D eigenvalue weighted by atomic mass is 16.4. The number of rotatable bonds is 5. The van der Waals surface area contributed by atoms with E-state index in [9.17, 15) is 14.7 Å². The van der Waals surface area contributed by atoms with Gasteiger partial charge in [-0.2, -0.15) is 0 Å². The Labute approximate surface area is 102 Å². The van der Waals surface area contributed by atoms with Gasteiger partial charge in [-0.1, -0.05) is 12.8 Å². The van der Waals surface area contributed by atoms with Gasteiger partial charge in [0.25, 0.3) is 0 Å². The Hall–Kier alpha value is -1.06. The maximum absolute atomic E-state index is 12.0. The number of carbonyl (C=O) groups is 2. The van der Waals surface area contributed by atoms with Crippen molar-refractivity contribution in [2.75, 3.05) is 13.6 Å². The molecule has 1 amide bonds. The molecule has 0 radical (unpaired) electrons. The topological polar surface area (TPSA) is 57.6 Å². The van der Waals surface area contributed by atoms with Gasteiger partial charge in [0.1, 0.15) is 0 Å². The lowest BCUT2D eigenvalue weighted by Gasteiger charge is -2.26. The molecule has 0 unspecified atom stereocenters. The lowest BCUT2D eigenvalue weighted by molar-refractivity contribution is -0.153. The first-order chi connectivity index (χ1) is 8.03. The maximum Gasteiger partial charge on any atom is 0.310 e. The van der Waals surface area contributed by atoms with E-state index in [2.05, 4.69) is 0 Å². The number of amides is 1. The van der Waals surface area contributed by atoms with Crippen molar-refractivity contribution < 1.29 is 14.7 Å². The average molecular weight is 239 g/mol. The SMILES string of the molecule is CN(CC1CC1)C(=O)CC1(C(=O)O)CCCC1. The van der Waals surface area contributed by atoms with Crippen LogP contribution in [0.5, 0.6) is 0 Å². The zero-order valence-electron chi connectivity index (χ0n) is 10.4. The van der Waals surface area contributed by atoms with Crippen LogP contribution in [-0.4, -0.2) is 35.5 Å². The molecule has 2 fully saturated rings. The number of hydrogen-bond acceptors (Lipinski definition) is 2. The highest BCUT2D eigenvalue weighted by Crippen LogP contribution is 2.42. The molecule has 2 aliphatic rings. The minimum absolute atomic E-state index is 0.00111. The van der Waals surface area contributed by atoms with Crippen LogP contribution in [0.2, 0.25) is 0 Å². The van der Waals surface area contributed by atoms with Crippen molar-refractivity contribution in [2.24, 2.45) is 11.3 Å². The molecule has 0 heterocycles. The third-order valence-corrected chi connectivity index (χ3v) is 4.16. The van der Waals surface area contributed by atoms with Crippen LogP contribution < -0.4 is 0 Å². The summed E-state index contributed by atoms with van der Waals surface area (Å²) in [5, 5.41) is 9.32. The van der Waals surface area contributed by atoms with Gasteiger partial charge in [-0.05, 0) is 31.6 Å². The van der Waals surface area contributed by atoms with Crippen molar-refractivity contribution in [2.45, 2.75) is 44.9 Å². The van der Waals surface area contributed by atoms with Crippen LogP contribution in [0.15, 0.2) is 0 Å². The minimum Gasteiger partial charge on any atom is -0.481 e. The van der Waals surface area contributed by atoms with E-state index >= 15 is 0 Å². The molecule has 1 N–H and O–H groups in total. The van der Waals surface area contributed by atoms with E-state index < -0.39 is 11.4 Å². The smallest absolute Gasteiger partial charge is 0.310 e. The van der Waals surface area contributed by atoms with Crippen LogP contribution in [0, 0.1) is 11.3 Å². The Morgan fingerprint density at radius 1 is 1.29 bits per heavy atom. The van der Waals surface area contributed by atoms with Gasteiger partial charge < -0.3 is 10.0 Å². The Morgan fingerprint density at radius 2 is 1.88 bits per heavy atom. The van der Waals surface area contributed by atoms with Crippen molar-refractivity contribution in [1.82, 2.24) is 4.90 Å². The van der Waals surface area contributed by atoms with Gasteiger partial charge in [0.2, 0.25) is 5.91 Å². The fourth-order valence-corrected chi connectivity index (χ4v) is 2.73. The van der Waals surface area contributed by atoms with E-state index in [1.807, 2.05) is 0 Å².